The Bertz CT molecular complexity index is 3700. The summed E-state index contributed by atoms with van der Waals surface area (Å²) in [4.78, 5) is 0. The van der Waals surface area contributed by atoms with Crippen LogP contribution in [-0.4, -0.2) is 152 Å². The molecule has 0 saturated heterocycles. The van der Waals surface area contributed by atoms with E-state index in [4.69, 9.17) is 0 Å². The molecule has 0 aliphatic rings. The number of aromatic nitrogens is 2. The van der Waals surface area contributed by atoms with Crippen LogP contribution in [-0.2, 0) is 0 Å². The molecule has 0 unspecified atom stereocenters. The van der Waals surface area contributed by atoms with Crippen molar-refractivity contribution >= 4 is 43.6 Å². The molecule has 374 valence electrons. The van der Waals surface area contributed by atoms with E-state index in [1.165, 1.54) is 0 Å². The number of fused-ring (bicyclic) bond motifs is 7. The molecule has 7 aromatic carbocycles. The molecule has 2 aromatic heterocycles. The molecule has 0 aliphatic carbocycles. The number of rotatable bonds is 4. The summed E-state index contributed by atoms with van der Waals surface area (Å²) in [7, 11) is 0. The molecule has 9 rings (SSSR count). The molecule has 9 aromatic rings. The second-order valence-electron chi connectivity index (χ2n) is 15.5. The van der Waals surface area contributed by atoms with Crippen LogP contribution in [0.1, 0.15) is 0 Å². The Labute approximate surface area is 389 Å². The van der Waals surface area contributed by atoms with Gasteiger partial charge in [0.15, 0.2) is 103 Å². The van der Waals surface area contributed by atoms with Gasteiger partial charge in [0.05, 0.1) is 33.0 Å². The average Bonchev–Trinajstić information content (AvgIpc) is 3.88. The number of benzene rings is 7. The van der Waals surface area contributed by atoms with Crippen LogP contribution in [0.5, 0.6) is 161 Å². The zero-order valence-corrected chi connectivity index (χ0v) is 34.4. The fourth-order valence-corrected chi connectivity index (χ4v) is 8.68. The Hall–Kier alpha value is -11.5. The van der Waals surface area contributed by atoms with Gasteiger partial charge in [-0.25, -0.2) is 0 Å². The van der Waals surface area contributed by atoms with E-state index in [0.717, 1.165) is 0 Å². The predicted molar refractivity (Wildman–Crippen MR) is 233 cm³/mol. The molecule has 30 nitrogen and oxygen atoms in total. The second kappa shape index (κ2) is 14.0. The van der Waals surface area contributed by atoms with Gasteiger partial charge in [-0.3, -0.25) is 9.13 Å². The van der Waals surface area contributed by atoms with Crippen molar-refractivity contribution in [3.63, 3.8) is 0 Å². The van der Waals surface area contributed by atoms with Gasteiger partial charge in [-0.05, 0) is 0 Å². The van der Waals surface area contributed by atoms with E-state index in [1.807, 2.05) is 0 Å². The maximum atomic E-state index is 12.1. The zero-order valence-electron chi connectivity index (χ0n) is 34.4. The largest absolute Gasteiger partial charge is 0.504 e. The molecule has 2 heterocycles. The Morgan fingerprint density at radius 2 is 0.292 bits per heavy atom. The lowest BCUT2D eigenvalue weighted by molar-refractivity contribution is 0.329. The van der Waals surface area contributed by atoms with Crippen molar-refractivity contribution < 1.29 is 143 Å². The van der Waals surface area contributed by atoms with Gasteiger partial charge in [-0.15, -0.1) is 0 Å². The summed E-state index contributed by atoms with van der Waals surface area (Å²) < 4.78 is 0.103. The molecule has 0 aliphatic heterocycles. The van der Waals surface area contributed by atoms with Crippen LogP contribution in [0, 0.1) is 0 Å². The SMILES string of the molecule is Oc1c(O)c(O)c(-c2c(O)c(O)c(-n3c4c(O)c(O)c(O)c(O)c4c4c5c6c(O)c(O)c(O)c(O)c6n(-c6c(O)c(O)c(-c7c(O)c(O)c(O)c(O)c7O)c(O)c6O)c5c(O)c(O)c43)c(O)c2O)c(O)c1O. The van der Waals surface area contributed by atoms with Crippen LogP contribution >= 0.6 is 0 Å². The van der Waals surface area contributed by atoms with Crippen LogP contribution in [0.3, 0.4) is 0 Å². The minimum atomic E-state index is -1.84. The van der Waals surface area contributed by atoms with Gasteiger partial charge in [-0.2, -0.15) is 0 Å². The Balaban J connectivity index is 1.55. The lowest BCUT2D eigenvalue weighted by Gasteiger charge is -2.20. The van der Waals surface area contributed by atoms with Gasteiger partial charge in [0, 0.05) is 10.8 Å². The summed E-state index contributed by atoms with van der Waals surface area (Å²) in [5.41, 5.74) is -14.3. The number of phenols is 28. The molecule has 0 saturated carbocycles. The van der Waals surface area contributed by atoms with E-state index >= 15 is 0 Å². The summed E-state index contributed by atoms with van der Waals surface area (Å²) in [6.45, 7) is 0. The van der Waals surface area contributed by atoms with Gasteiger partial charge in [-0.1, -0.05) is 0 Å². The third-order valence-corrected chi connectivity index (χ3v) is 12.0. The third-order valence-electron chi connectivity index (χ3n) is 12.0. The number of phenolic OH excluding ortho intramolecular Hbond substituents is 28. The van der Waals surface area contributed by atoms with E-state index in [1.54, 1.807) is 0 Å². The van der Waals surface area contributed by atoms with Crippen molar-refractivity contribution in [2.45, 2.75) is 0 Å². The van der Waals surface area contributed by atoms with E-state index in [2.05, 4.69) is 0 Å². The van der Waals surface area contributed by atoms with Crippen LogP contribution in [0.15, 0.2) is 0 Å². The maximum Gasteiger partial charge on any atom is 0.208 e. The quantitative estimate of drug-likeness (QED) is 0.0890. The van der Waals surface area contributed by atoms with Crippen molar-refractivity contribution in [2.24, 2.45) is 0 Å². The molecule has 28 N–H and O–H groups in total. The van der Waals surface area contributed by atoms with Crippen LogP contribution in [0.25, 0.3) is 77.2 Å². The molecule has 0 fully saturated rings. The third kappa shape index (κ3) is 5.02. The first-order chi connectivity index (χ1) is 33.5. The van der Waals surface area contributed by atoms with Crippen molar-refractivity contribution in [3.05, 3.63) is 0 Å². The van der Waals surface area contributed by atoms with E-state index < -0.39 is 238 Å². The lowest BCUT2D eigenvalue weighted by atomic mass is 9.97. The van der Waals surface area contributed by atoms with Crippen molar-refractivity contribution in [3.8, 4) is 195 Å². The van der Waals surface area contributed by atoms with Gasteiger partial charge in [0.2, 0.25) is 57.5 Å². The molecule has 0 radical (unpaired) electrons. The van der Waals surface area contributed by atoms with Crippen molar-refractivity contribution in [2.75, 3.05) is 0 Å². The highest BCUT2D eigenvalue weighted by molar-refractivity contribution is 6.35. The molecule has 0 amide bonds. The topological polar surface area (TPSA) is 576 Å². The first kappa shape index (κ1) is 45.7. The monoisotopic (exact) mass is 1010 g/mol. The molecule has 0 atom stereocenters. The summed E-state index contributed by atoms with van der Waals surface area (Å²) in [5, 5.41) is 304. The molecule has 0 spiro atoms. The first-order valence-corrected chi connectivity index (χ1v) is 19.1. The molecular formula is C42H28N2O28. The Morgan fingerprint density at radius 3 is 0.528 bits per heavy atom. The highest BCUT2D eigenvalue weighted by Crippen LogP contribution is 2.68. The summed E-state index contributed by atoms with van der Waals surface area (Å²) >= 11 is 0. The highest BCUT2D eigenvalue weighted by atomic mass is 16.4. The summed E-state index contributed by atoms with van der Waals surface area (Å²) in [6, 6.07) is 0. The predicted octanol–water partition coefficient (Wildman–Crippen LogP) is 2.97. The highest BCUT2D eigenvalue weighted by Gasteiger charge is 2.41. The van der Waals surface area contributed by atoms with Crippen molar-refractivity contribution in [1.82, 2.24) is 9.13 Å². The molecule has 30 heteroatoms. The smallest absolute Gasteiger partial charge is 0.208 e. The number of nitrogens with zero attached hydrogens (tertiary/aromatic N) is 2. The van der Waals surface area contributed by atoms with Gasteiger partial charge in [0.25, 0.3) is 0 Å². The van der Waals surface area contributed by atoms with Crippen molar-refractivity contribution in [1.29, 1.82) is 0 Å². The minimum Gasteiger partial charge on any atom is -0.504 e. The van der Waals surface area contributed by atoms with Crippen LogP contribution in [0.2, 0.25) is 0 Å². The molecule has 0 bridgehead atoms. The molecular weight excluding hydrogens is 980 g/mol. The normalized spacial score (nSPS) is 11.8. The molecule has 72 heavy (non-hydrogen) atoms. The maximum absolute atomic E-state index is 12.1. The van der Waals surface area contributed by atoms with Crippen LogP contribution < -0.4 is 0 Å². The van der Waals surface area contributed by atoms with E-state index in [-0.39, 0.29) is 9.13 Å². The number of aromatic hydroxyl groups is 28. The van der Waals surface area contributed by atoms with Gasteiger partial charge in [0.1, 0.15) is 33.4 Å². The minimum absolute atomic E-state index is 0.0515. The lowest BCUT2D eigenvalue weighted by Crippen LogP contribution is -2.00. The number of hydrogen-bond donors (Lipinski definition) is 28. The van der Waals surface area contributed by atoms with Crippen LogP contribution in [0.4, 0.5) is 0 Å². The summed E-state index contributed by atoms with van der Waals surface area (Å²) in [5.74, 6) is -47.8. The fraction of sp³-hybridized carbons (Fsp3) is 0. The Kier molecular flexibility index (Phi) is 8.91. The number of hydrogen-bond acceptors (Lipinski definition) is 28. The van der Waals surface area contributed by atoms with Gasteiger partial charge >= 0.3 is 0 Å². The van der Waals surface area contributed by atoms with Gasteiger partial charge < -0.3 is 143 Å². The fourth-order valence-electron chi connectivity index (χ4n) is 8.68. The Morgan fingerprint density at radius 1 is 0.139 bits per heavy atom. The average molecular weight is 1010 g/mol. The standard InChI is InChI=1S/C42H28N2O28/c45-15-3-1-2-4-12(28(58)40(70)34(64)16(4)46)44(14-31(61)19(49)6(20(50)32(14)62)8-23(53)37(67)42(72)38(68)24(8)54)10(2)26(56)25(55)9(1)43(11(3)27(57)39(69)33(15)63)13-29(59)17(47)5(18(48)30(13)60)7-21(51)35(65)41(71)36(66)22(7)52/h45-72H. The van der Waals surface area contributed by atoms with E-state index in [0.29, 0.717) is 0 Å². The summed E-state index contributed by atoms with van der Waals surface area (Å²) in [6.07, 6.45) is 0. The van der Waals surface area contributed by atoms with E-state index in [9.17, 15) is 143 Å². The second-order valence-corrected chi connectivity index (χ2v) is 15.5. The zero-order chi connectivity index (χ0) is 53.4. The first-order valence-electron chi connectivity index (χ1n) is 19.1.